The number of thioether (sulfide) groups is 1. The summed E-state index contributed by atoms with van der Waals surface area (Å²) in [5, 5.41) is 11.8. The molecule has 0 amide bonds. The third-order valence-electron chi connectivity index (χ3n) is 2.66. The molecule has 1 aromatic rings. The predicted molar refractivity (Wildman–Crippen MR) is 79.1 cm³/mol. The number of aryl methyl sites for hydroxylation is 2. The molecule has 0 bridgehead atoms. The van der Waals surface area contributed by atoms with Gasteiger partial charge in [-0.2, -0.15) is 5.26 Å². The minimum Gasteiger partial charge on any atom is -0.271 e. The van der Waals surface area contributed by atoms with Gasteiger partial charge in [-0.1, -0.05) is 37.2 Å². The zero-order valence-electron chi connectivity index (χ0n) is 11.2. The number of nitrogens with one attached hydrogen (secondary N) is 1. The lowest BCUT2D eigenvalue weighted by Gasteiger charge is -2.06. The van der Waals surface area contributed by atoms with Crippen LogP contribution < -0.4 is 5.32 Å². The third-order valence-corrected chi connectivity index (χ3v) is 3.24. The van der Waals surface area contributed by atoms with E-state index in [4.69, 9.17) is 5.26 Å². The van der Waals surface area contributed by atoms with E-state index < -0.39 is 0 Å². The summed E-state index contributed by atoms with van der Waals surface area (Å²) in [4.78, 5) is 4.43. The molecule has 0 fully saturated rings. The number of nitriles is 1. The van der Waals surface area contributed by atoms with E-state index in [1.54, 1.807) is 0 Å². The third kappa shape index (κ3) is 4.42. The highest BCUT2D eigenvalue weighted by Gasteiger charge is 2.01. The Labute approximate surface area is 113 Å². The van der Waals surface area contributed by atoms with Gasteiger partial charge in [0.2, 0.25) is 0 Å². The van der Waals surface area contributed by atoms with Crippen LogP contribution >= 0.6 is 11.8 Å². The summed E-state index contributed by atoms with van der Waals surface area (Å²) in [6.07, 6.45) is 7.34. The lowest BCUT2D eigenvalue weighted by atomic mass is 10.0. The maximum Gasteiger partial charge on any atom is 0.183 e. The molecule has 0 heterocycles. The number of unbranched alkanes of at least 4 members (excludes halogenated alkanes) is 1. The highest BCUT2D eigenvalue weighted by Crippen LogP contribution is 2.21. The lowest BCUT2D eigenvalue weighted by molar-refractivity contribution is 0.794. The van der Waals surface area contributed by atoms with Crippen LogP contribution in [0.3, 0.4) is 0 Å². The molecule has 96 valence electrons. The molecule has 0 aliphatic rings. The van der Waals surface area contributed by atoms with Crippen LogP contribution in [0.1, 0.15) is 30.9 Å². The quantitative estimate of drug-likeness (QED) is 0.388. The van der Waals surface area contributed by atoms with Crippen molar-refractivity contribution in [3.63, 3.8) is 0 Å². The Morgan fingerprint density at radius 3 is 2.83 bits per heavy atom. The van der Waals surface area contributed by atoms with Crippen molar-refractivity contribution < 1.29 is 0 Å². The molecule has 0 saturated heterocycles. The molecule has 0 aromatic heterocycles. The fraction of sp³-hybridized carbons (Fsp3) is 0.429. The summed E-state index contributed by atoms with van der Waals surface area (Å²) < 4.78 is 0. The molecule has 1 N–H and O–H groups in total. The molecule has 1 aromatic carbocycles. The fourth-order valence-electron chi connectivity index (χ4n) is 1.66. The van der Waals surface area contributed by atoms with Crippen molar-refractivity contribution in [3.05, 3.63) is 29.3 Å². The number of hydrogen-bond acceptors (Lipinski definition) is 3. The smallest absolute Gasteiger partial charge is 0.183 e. The van der Waals surface area contributed by atoms with Gasteiger partial charge in [0.25, 0.3) is 0 Å². The summed E-state index contributed by atoms with van der Waals surface area (Å²) in [5.41, 5.74) is 3.42. The summed E-state index contributed by atoms with van der Waals surface area (Å²) >= 11 is 1.43. The first kappa shape index (κ1) is 14.6. The van der Waals surface area contributed by atoms with E-state index >= 15 is 0 Å². The Morgan fingerprint density at radius 1 is 1.50 bits per heavy atom. The van der Waals surface area contributed by atoms with Gasteiger partial charge < -0.3 is 0 Å². The van der Waals surface area contributed by atoms with Crippen molar-refractivity contribution in [2.75, 3.05) is 6.26 Å². The number of benzene rings is 1. The van der Waals surface area contributed by atoms with Crippen molar-refractivity contribution in [3.8, 4) is 6.19 Å². The Bertz CT molecular complexity index is 461. The fourth-order valence-corrected chi connectivity index (χ4v) is 2.00. The molecule has 18 heavy (non-hydrogen) atoms. The van der Waals surface area contributed by atoms with Crippen LogP contribution in [0.4, 0.5) is 5.69 Å². The molecular formula is C14H19N3S. The first-order valence-corrected chi connectivity index (χ1v) is 7.31. The van der Waals surface area contributed by atoms with Gasteiger partial charge in [0.05, 0.1) is 5.69 Å². The van der Waals surface area contributed by atoms with E-state index in [9.17, 15) is 0 Å². The zero-order valence-corrected chi connectivity index (χ0v) is 12.0. The molecule has 1 rings (SSSR count). The van der Waals surface area contributed by atoms with E-state index in [-0.39, 0.29) is 0 Å². The Kier molecular flexibility index (Phi) is 6.31. The van der Waals surface area contributed by atoms with Crippen molar-refractivity contribution in [2.45, 2.75) is 33.1 Å². The molecule has 0 unspecified atom stereocenters. The first-order valence-electron chi connectivity index (χ1n) is 6.08. The number of amidine groups is 1. The van der Waals surface area contributed by atoms with Gasteiger partial charge in [0.1, 0.15) is 0 Å². The summed E-state index contributed by atoms with van der Waals surface area (Å²) in [7, 11) is 0. The molecule has 0 aliphatic heterocycles. The Morgan fingerprint density at radius 2 is 2.28 bits per heavy atom. The molecule has 0 saturated carbocycles. The summed E-state index contributed by atoms with van der Waals surface area (Å²) in [6.45, 7) is 4.25. The monoisotopic (exact) mass is 261 g/mol. The molecule has 0 spiro atoms. The molecule has 0 radical (unpaired) electrons. The van der Waals surface area contributed by atoms with Gasteiger partial charge >= 0.3 is 0 Å². The second-order valence-electron chi connectivity index (χ2n) is 4.08. The Hall–Kier alpha value is -1.47. The predicted octanol–water partition coefficient (Wildman–Crippen LogP) is 3.76. The maximum absolute atomic E-state index is 8.60. The first-order chi connectivity index (χ1) is 8.71. The second kappa shape index (κ2) is 7.78. The Balaban J connectivity index is 2.88. The standard InChI is InChI=1S/C14H19N3S/c1-4-5-6-12-7-8-13(11(2)9-12)17-14(18-3)16-10-15/h7-9H,4-6H2,1-3H3,(H,16,17). The average Bonchev–Trinajstić information content (AvgIpc) is 2.38. The molecule has 0 atom stereocenters. The highest BCUT2D eigenvalue weighted by molar-refractivity contribution is 8.13. The van der Waals surface area contributed by atoms with Crippen LogP contribution in [0.15, 0.2) is 23.2 Å². The van der Waals surface area contributed by atoms with Gasteiger partial charge in [-0.05, 0) is 43.2 Å². The van der Waals surface area contributed by atoms with Gasteiger partial charge in [-0.3, -0.25) is 5.32 Å². The van der Waals surface area contributed by atoms with Crippen LogP contribution in [-0.4, -0.2) is 11.4 Å². The molecule has 4 heteroatoms. The van der Waals surface area contributed by atoms with Gasteiger partial charge in [-0.25, -0.2) is 4.99 Å². The minimum absolute atomic E-state index is 0.627. The number of aliphatic imine (C=N–C) groups is 1. The summed E-state index contributed by atoms with van der Waals surface area (Å²) in [6, 6.07) is 6.32. The zero-order chi connectivity index (χ0) is 13.4. The average molecular weight is 261 g/mol. The van der Waals surface area contributed by atoms with E-state index in [1.165, 1.54) is 30.2 Å². The molecule has 0 aliphatic carbocycles. The number of nitrogens with zero attached hydrogens (tertiary/aromatic N) is 2. The van der Waals surface area contributed by atoms with Crippen LogP contribution in [0, 0.1) is 18.4 Å². The molecular weight excluding hydrogens is 242 g/mol. The molecule has 3 nitrogen and oxygen atoms in total. The number of hydrogen-bond donors (Lipinski definition) is 1. The van der Waals surface area contributed by atoms with Crippen LogP contribution in [0.5, 0.6) is 0 Å². The van der Waals surface area contributed by atoms with Gasteiger partial charge in [0, 0.05) is 0 Å². The van der Waals surface area contributed by atoms with Crippen molar-refractivity contribution in [2.24, 2.45) is 4.99 Å². The topological polar surface area (TPSA) is 48.2 Å². The van der Waals surface area contributed by atoms with Gasteiger partial charge in [0.15, 0.2) is 11.4 Å². The van der Waals surface area contributed by atoms with Gasteiger partial charge in [-0.15, -0.1) is 0 Å². The van der Waals surface area contributed by atoms with E-state index in [0.717, 1.165) is 17.7 Å². The van der Waals surface area contributed by atoms with Crippen LogP contribution in [-0.2, 0) is 6.42 Å². The van der Waals surface area contributed by atoms with Crippen LogP contribution in [0.25, 0.3) is 0 Å². The minimum atomic E-state index is 0.627. The SMILES string of the molecule is CCCCc1ccc(N=C(NC#N)SC)c(C)c1. The number of rotatable bonds is 4. The van der Waals surface area contributed by atoms with E-state index in [2.05, 4.69) is 36.3 Å². The largest absolute Gasteiger partial charge is 0.271 e. The van der Waals surface area contributed by atoms with Crippen molar-refractivity contribution in [1.29, 1.82) is 5.26 Å². The normalized spacial score (nSPS) is 11.1. The van der Waals surface area contributed by atoms with E-state index in [0.29, 0.717) is 5.17 Å². The lowest BCUT2D eigenvalue weighted by Crippen LogP contribution is -2.12. The highest BCUT2D eigenvalue weighted by atomic mass is 32.2. The van der Waals surface area contributed by atoms with Crippen LogP contribution in [0.2, 0.25) is 0 Å². The van der Waals surface area contributed by atoms with Crippen molar-refractivity contribution >= 4 is 22.6 Å². The second-order valence-corrected chi connectivity index (χ2v) is 4.88. The van der Waals surface area contributed by atoms with Crippen molar-refractivity contribution in [1.82, 2.24) is 5.32 Å². The maximum atomic E-state index is 8.60. The van der Waals surface area contributed by atoms with E-state index in [1.807, 2.05) is 18.5 Å². The summed E-state index contributed by atoms with van der Waals surface area (Å²) in [5.74, 6) is 0.